The Bertz CT molecular complexity index is 411. The van der Waals surface area contributed by atoms with E-state index in [0.717, 1.165) is 6.42 Å². The first-order valence-electron chi connectivity index (χ1n) is 6.44. The average Bonchev–Trinajstić information content (AvgIpc) is 2.65. The van der Waals surface area contributed by atoms with Crippen LogP contribution in [0.1, 0.15) is 34.1 Å². The summed E-state index contributed by atoms with van der Waals surface area (Å²) in [4.78, 5) is 11.9. The molecule has 1 saturated heterocycles. The quantitative estimate of drug-likeness (QED) is 0.232. The number of carbonyl (C=O) groups excluding carboxylic acids is 1. The zero-order valence-electron chi connectivity index (χ0n) is 11.6. The van der Waals surface area contributed by atoms with Crippen molar-refractivity contribution in [3.05, 3.63) is 24.3 Å². The fraction of sp³-hybridized carbons (Fsp3) is 0.667. The first-order valence-corrected chi connectivity index (χ1v) is 9.21. The van der Waals surface area contributed by atoms with Crippen molar-refractivity contribution in [1.29, 1.82) is 0 Å². The van der Waals surface area contributed by atoms with E-state index in [-0.39, 0.29) is 32.8 Å². The second-order valence-electron chi connectivity index (χ2n) is 6.02. The third kappa shape index (κ3) is 2.04. The molecule has 3 heteroatoms. The topological polar surface area (TPSA) is 26.3 Å². The van der Waals surface area contributed by atoms with Crippen LogP contribution in [-0.4, -0.2) is 19.9 Å². The number of hydrogen-bond donors (Lipinski definition) is 0. The molecule has 0 spiro atoms. The van der Waals surface area contributed by atoms with Crippen LogP contribution >= 0.6 is 0 Å². The van der Waals surface area contributed by atoms with E-state index in [0.29, 0.717) is 20.8 Å². The normalized spacial score (nSPS) is 37.6. The van der Waals surface area contributed by atoms with Crippen molar-refractivity contribution >= 4 is 5.97 Å². The van der Waals surface area contributed by atoms with E-state index in [1.165, 1.54) is 4.43 Å². The summed E-state index contributed by atoms with van der Waals surface area (Å²) < 4.78 is 7.80. The van der Waals surface area contributed by atoms with Crippen molar-refractivity contribution in [1.82, 2.24) is 0 Å². The summed E-state index contributed by atoms with van der Waals surface area (Å²) in [7, 11) is 0. The molecule has 0 radical (unpaired) electrons. The maximum atomic E-state index is 11.9. The molecule has 18 heavy (non-hydrogen) atoms. The predicted molar refractivity (Wildman–Crippen MR) is 69.0 cm³/mol. The van der Waals surface area contributed by atoms with Crippen molar-refractivity contribution in [2.45, 2.75) is 43.6 Å². The number of hydrogen-bond acceptors (Lipinski definition) is 2. The van der Waals surface area contributed by atoms with Gasteiger partial charge in [-0.15, -0.1) is 0 Å². The fourth-order valence-corrected chi connectivity index (χ4v) is 8.74. The van der Waals surface area contributed by atoms with Crippen LogP contribution < -0.4 is 21.2 Å². The van der Waals surface area contributed by atoms with Gasteiger partial charge in [-0.05, 0) is 0 Å². The molecule has 3 atom stereocenters. The molecule has 2 nitrogen and oxygen atoms in total. The Balaban J connectivity index is 2.31. The van der Waals surface area contributed by atoms with E-state index < -0.39 is 0 Å². The van der Waals surface area contributed by atoms with Crippen LogP contribution in [0.25, 0.3) is 0 Å². The van der Waals surface area contributed by atoms with Crippen LogP contribution in [0.15, 0.2) is 24.3 Å². The molecule has 0 aromatic heterocycles. The molecule has 0 N–H and O–H groups in total. The van der Waals surface area contributed by atoms with E-state index in [4.69, 9.17) is 4.74 Å². The van der Waals surface area contributed by atoms with Crippen LogP contribution in [0, 0.1) is 11.3 Å². The Morgan fingerprint density at radius 2 is 2.17 bits per heavy atom. The van der Waals surface area contributed by atoms with Gasteiger partial charge in [-0.1, -0.05) is 0 Å². The zero-order chi connectivity index (χ0) is 13.6. The fourth-order valence-electron chi connectivity index (χ4n) is 3.19. The van der Waals surface area contributed by atoms with Gasteiger partial charge in [0.15, 0.2) is 0 Å². The number of alkyl halides is 2. The standard InChI is InChI=1S/C15H22IO2/c1-6-7-15(18-12(17)10(2)3)8-11-9-16-13(15)14(11,4)5/h6-7,11,13H,2,8-9H2,1,3-5H3/q-1/b7-6+. The van der Waals surface area contributed by atoms with Gasteiger partial charge in [0.05, 0.1) is 0 Å². The van der Waals surface area contributed by atoms with Gasteiger partial charge in [0.2, 0.25) is 0 Å². The molecule has 3 unspecified atom stereocenters. The third-order valence-corrected chi connectivity index (χ3v) is 9.32. The molecule has 1 heterocycles. The molecule has 0 aromatic carbocycles. The van der Waals surface area contributed by atoms with Crippen LogP contribution in [-0.2, 0) is 9.53 Å². The van der Waals surface area contributed by atoms with Crippen molar-refractivity contribution in [2.24, 2.45) is 11.3 Å². The van der Waals surface area contributed by atoms with E-state index in [1.807, 2.05) is 13.0 Å². The van der Waals surface area contributed by atoms with Gasteiger partial charge in [0, 0.05) is 0 Å². The Labute approximate surface area is 120 Å². The Hall–Kier alpha value is -0.320. The molecule has 1 aliphatic carbocycles. The van der Waals surface area contributed by atoms with Gasteiger partial charge >= 0.3 is 120 Å². The molecule has 0 amide bonds. The van der Waals surface area contributed by atoms with Gasteiger partial charge in [-0.25, -0.2) is 0 Å². The van der Waals surface area contributed by atoms with E-state index in [2.05, 4.69) is 26.5 Å². The zero-order valence-corrected chi connectivity index (χ0v) is 13.8. The van der Waals surface area contributed by atoms with Crippen molar-refractivity contribution in [2.75, 3.05) is 4.43 Å². The summed E-state index contributed by atoms with van der Waals surface area (Å²) in [5.41, 5.74) is 0.477. The second-order valence-corrected chi connectivity index (χ2v) is 9.03. The van der Waals surface area contributed by atoms with Gasteiger partial charge in [-0.2, -0.15) is 0 Å². The van der Waals surface area contributed by atoms with Gasteiger partial charge in [-0.3, -0.25) is 0 Å². The third-order valence-electron chi connectivity index (χ3n) is 4.21. The number of ether oxygens (including phenoxy) is 1. The average molecular weight is 361 g/mol. The summed E-state index contributed by atoms with van der Waals surface area (Å²) in [6, 6.07) is 0. The Morgan fingerprint density at radius 3 is 2.56 bits per heavy atom. The first-order chi connectivity index (χ1) is 8.33. The SMILES string of the molecule is C=C(C)C(=O)OC1(/C=C/C)CC2C[I-]C1C2(C)C. The number of halogens is 1. The van der Waals surface area contributed by atoms with Crippen molar-refractivity contribution in [3.63, 3.8) is 0 Å². The van der Waals surface area contributed by atoms with Crippen molar-refractivity contribution in [3.8, 4) is 0 Å². The number of carbonyl (C=O) groups is 1. The van der Waals surface area contributed by atoms with E-state index >= 15 is 0 Å². The number of fused-ring (bicyclic) bond motifs is 2. The second kappa shape index (κ2) is 4.66. The minimum absolute atomic E-state index is 0.124. The molecule has 2 bridgehead atoms. The monoisotopic (exact) mass is 361 g/mol. The molecular weight excluding hydrogens is 339 g/mol. The molecule has 1 aliphatic heterocycles. The molecule has 2 fully saturated rings. The van der Waals surface area contributed by atoms with Gasteiger partial charge in [0.1, 0.15) is 0 Å². The van der Waals surface area contributed by atoms with Crippen LogP contribution in [0.2, 0.25) is 0 Å². The molecule has 102 valence electrons. The van der Waals surface area contributed by atoms with Gasteiger partial charge in [0.25, 0.3) is 0 Å². The van der Waals surface area contributed by atoms with Crippen molar-refractivity contribution < 1.29 is 30.7 Å². The Morgan fingerprint density at radius 1 is 1.50 bits per heavy atom. The van der Waals surface area contributed by atoms with Crippen LogP contribution in [0.3, 0.4) is 0 Å². The van der Waals surface area contributed by atoms with Gasteiger partial charge < -0.3 is 0 Å². The van der Waals surface area contributed by atoms with Crippen LogP contribution in [0.5, 0.6) is 0 Å². The summed E-state index contributed by atoms with van der Waals surface area (Å²) >= 11 is 0.124. The molecule has 2 rings (SSSR count). The summed E-state index contributed by atoms with van der Waals surface area (Å²) in [6.07, 6.45) is 5.15. The predicted octanol–water partition coefficient (Wildman–Crippen LogP) is -0.0621. The number of rotatable bonds is 3. The Kier molecular flexibility index (Phi) is 3.65. The number of allylic oxidation sites excluding steroid dienone is 1. The van der Waals surface area contributed by atoms with Crippen LogP contribution in [0.4, 0.5) is 0 Å². The molecular formula is C15H22IO2-. The van der Waals surface area contributed by atoms with E-state index in [9.17, 15) is 4.79 Å². The first kappa shape index (κ1) is 14.1. The molecule has 1 saturated carbocycles. The summed E-state index contributed by atoms with van der Waals surface area (Å²) in [6.45, 7) is 12.1. The number of esters is 1. The minimum atomic E-state index is -0.343. The summed E-state index contributed by atoms with van der Waals surface area (Å²) in [5, 5.41) is 0. The van der Waals surface area contributed by atoms with E-state index in [1.54, 1.807) is 6.92 Å². The maximum absolute atomic E-state index is 11.9. The molecule has 2 aliphatic rings. The summed E-state index contributed by atoms with van der Waals surface area (Å²) in [5.74, 6) is 0.477. The molecule has 0 aromatic rings.